The van der Waals surface area contributed by atoms with Gasteiger partial charge in [-0.2, -0.15) is 11.8 Å². The monoisotopic (exact) mass is 282 g/mol. The third-order valence-electron chi connectivity index (χ3n) is 2.56. The molecule has 0 saturated heterocycles. The van der Waals surface area contributed by atoms with Crippen LogP contribution in [0.4, 0.5) is 5.69 Å². The predicted molar refractivity (Wildman–Crippen MR) is 80.3 cm³/mol. The Morgan fingerprint density at radius 2 is 2.00 bits per heavy atom. The lowest BCUT2D eigenvalue weighted by Gasteiger charge is -2.16. The fraction of sp³-hybridized carbons (Fsp3) is 0.615. The molecule has 1 amide bonds. The molecule has 3 N–H and O–H groups in total. The second kappa shape index (κ2) is 6.86. The highest BCUT2D eigenvalue weighted by Gasteiger charge is 2.17. The molecule has 1 unspecified atom stereocenters. The van der Waals surface area contributed by atoms with Crippen molar-refractivity contribution in [2.24, 2.45) is 5.73 Å². The molecule has 0 fully saturated rings. The van der Waals surface area contributed by atoms with Crippen molar-refractivity contribution in [3.05, 3.63) is 18.2 Å². The molecule has 5 nitrogen and oxygen atoms in total. The summed E-state index contributed by atoms with van der Waals surface area (Å²) < 4.78 is 0. The Hall–Kier alpha value is -1.14. The lowest BCUT2D eigenvalue weighted by Crippen LogP contribution is -2.36. The number of carbonyl (C=O) groups excluding carboxylic acids is 1. The minimum Gasteiger partial charge on any atom is -0.322 e. The third kappa shape index (κ3) is 5.16. The van der Waals surface area contributed by atoms with E-state index in [9.17, 15) is 4.79 Å². The maximum Gasteiger partial charge on any atom is 0.241 e. The van der Waals surface area contributed by atoms with Crippen LogP contribution in [0.3, 0.4) is 0 Å². The van der Waals surface area contributed by atoms with Crippen LogP contribution in [0.25, 0.3) is 0 Å². The highest BCUT2D eigenvalue weighted by Crippen LogP contribution is 2.18. The Morgan fingerprint density at radius 1 is 1.42 bits per heavy atom. The number of nitrogens with zero attached hydrogens (tertiary/aromatic N) is 2. The van der Waals surface area contributed by atoms with Gasteiger partial charge >= 0.3 is 0 Å². The first-order valence-corrected chi connectivity index (χ1v) is 7.62. The molecule has 0 aliphatic rings. The van der Waals surface area contributed by atoms with Gasteiger partial charge in [-0.1, -0.05) is 20.8 Å². The SMILES string of the molecule is CSCCC(N)C(=O)Nc1cnc(C(C)(C)C)nc1. The Balaban J connectivity index is 2.60. The molecule has 1 heterocycles. The molecule has 1 atom stereocenters. The number of hydrogen-bond donors (Lipinski definition) is 2. The quantitative estimate of drug-likeness (QED) is 0.860. The molecule has 106 valence electrons. The summed E-state index contributed by atoms with van der Waals surface area (Å²) in [6, 6.07) is -0.491. The molecule has 1 rings (SSSR count). The molecule has 0 bridgehead atoms. The molecular formula is C13H22N4OS. The highest BCUT2D eigenvalue weighted by atomic mass is 32.2. The van der Waals surface area contributed by atoms with E-state index < -0.39 is 6.04 Å². The van der Waals surface area contributed by atoms with E-state index in [1.165, 1.54) is 0 Å². The van der Waals surface area contributed by atoms with Gasteiger partial charge in [0.25, 0.3) is 0 Å². The summed E-state index contributed by atoms with van der Waals surface area (Å²) in [6.07, 6.45) is 5.89. The zero-order valence-electron chi connectivity index (χ0n) is 11.9. The molecule has 0 aliphatic heterocycles. The number of carbonyl (C=O) groups is 1. The first-order chi connectivity index (χ1) is 8.84. The Labute approximate surface area is 118 Å². The zero-order valence-corrected chi connectivity index (χ0v) is 12.8. The predicted octanol–water partition coefficient (Wildman–Crippen LogP) is 1.79. The van der Waals surface area contributed by atoms with Gasteiger partial charge in [-0.25, -0.2) is 9.97 Å². The van der Waals surface area contributed by atoms with Gasteiger partial charge in [0.1, 0.15) is 5.82 Å². The lowest BCUT2D eigenvalue weighted by atomic mass is 9.96. The zero-order chi connectivity index (χ0) is 14.5. The number of nitrogens with two attached hydrogens (primary N) is 1. The summed E-state index contributed by atoms with van der Waals surface area (Å²) in [5.41, 5.74) is 6.27. The average molecular weight is 282 g/mol. The Bertz CT molecular complexity index is 414. The van der Waals surface area contributed by atoms with E-state index in [1.54, 1.807) is 24.2 Å². The fourth-order valence-corrected chi connectivity index (χ4v) is 1.88. The summed E-state index contributed by atoms with van der Waals surface area (Å²) in [5, 5.41) is 2.73. The number of thioether (sulfide) groups is 1. The van der Waals surface area contributed by atoms with E-state index in [2.05, 4.69) is 15.3 Å². The highest BCUT2D eigenvalue weighted by molar-refractivity contribution is 7.98. The number of rotatable bonds is 5. The van der Waals surface area contributed by atoms with Gasteiger partial charge in [0.05, 0.1) is 24.1 Å². The van der Waals surface area contributed by atoms with Crippen molar-refractivity contribution in [1.29, 1.82) is 0 Å². The van der Waals surface area contributed by atoms with Gasteiger partial charge in [0, 0.05) is 5.41 Å². The Morgan fingerprint density at radius 3 is 2.47 bits per heavy atom. The molecule has 19 heavy (non-hydrogen) atoms. The molecule has 0 saturated carbocycles. The van der Waals surface area contributed by atoms with Gasteiger partial charge in [-0.15, -0.1) is 0 Å². The number of nitrogens with one attached hydrogen (secondary N) is 1. The van der Waals surface area contributed by atoms with Crippen molar-refractivity contribution in [2.45, 2.75) is 38.6 Å². The van der Waals surface area contributed by atoms with Crippen molar-refractivity contribution in [3.63, 3.8) is 0 Å². The Kier molecular flexibility index (Phi) is 5.75. The van der Waals surface area contributed by atoms with Crippen LogP contribution in [0.1, 0.15) is 33.0 Å². The van der Waals surface area contributed by atoms with Gasteiger partial charge in [-0.05, 0) is 18.4 Å². The molecule has 0 radical (unpaired) electrons. The molecule has 0 aromatic carbocycles. The van der Waals surface area contributed by atoms with Crippen molar-refractivity contribution < 1.29 is 4.79 Å². The first kappa shape index (κ1) is 15.9. The summed E-state index contributed by atoms with van der Waals surface area (Å²) in [4.78, 5) is 20.3. The molecule has 1 aromatic heterocycles. The molecular weight excluding hydrogens is 260 g/mol. The van der Waals surface area contributed by atoms with E-state index in [-0.39, 0.29) is 11.3 Å². The van der Waals surface area contributed by atoms with E-state index in [0.717, 1.165) is 11.6 Å². The van der Waals surface area contributed by atoms with E-state index in [0.29, 0.717) is 12.1 Å². The smallest absolute Gasteiger partial charge is 0.241 e. The van der Waals surface area contributed by atoms with Crippen LogP contribution in [0, 0.1) is 0 Å². The van der Waals surface area contributed by atoms with Gasteiger partial charge in [-0.3, -0.25) is 4.79 Å². The van der Waals surface area contributed by atoms with Gasteiger partial charge in [0.15, 0.2) is 0 Å². The largest absolute Gasteiger partial charge is 0.322 e. The van der Waals surface area contributed by atoms with E-state index in [4.69, 9.17) is 5.73 Å². The average Bonchev–Trinajstić information content (AvgIpc) is 2.35. The van der Waals surface area contributed by atoms with Crippen molar-refractivity contribution >= 4 is 23.4 Å². The third-order valence-corrected chi connectivity index (χ3v) is 3.20. The van der Waals surface area contributed by atoms with Crippen LogP contribution in [0.5, 0.6) is 0 Å². The lowest BCUT2D eigenvalue weighted by molar-refractivity contribution is -0.117. The van der Waals surface area contributed by atoms with Gasteiger partial charge in [0.2, 0.25) is 5.91 Å². The summed E-state index contributed by atoms with van der Waals surface area (Å²) in [5.74, 6) is 1.42. The second-order valence-electron chi connectivity index (χ2n) is 5.42. The van der Waals surface area contributed by atoms with Crippen molar-refractivity contribution in [1.82, 2.24) is 9.97 Å². The second-order valence-corrected chi connectivity index (χ2v) is 6.41. The van der Waals surface area contributed by atoms with Crippen LogP contribution in [0.2, 0.25) is 0 Å². The topological polar surface area (TPSA) is 80.9 Å². The summed E-state index contributed by atoms with van der Waals surface area (Å²) in [7, 11) is 0. The van der Waals surface area contributed by atoms with Crippen LogP contribution >= 0.6 is 11.8 Å². The maximum absolute atomic E-state index is 11.8. The van der Waals surface area contributed by atoms with Gasteiger partial charge < -0.3 is 11.1 Å². The molecule has 1 aromatic rings. The van der Waals surface area contributed by atoms with E-state index >= 15 is 0 Å². The number of aromatic nitrogens is 2. The first-order valence-electron chi connectivity index (χ1n) is 6.22. The van der Waals surface area contributed by atoms with Crippen LogP contribution < -0.4 is 11.1 Å². The number of amides is 1. The van der Waals surface area contributed by atoms with Crippen LogP contribution in [-0.4, -0.2) is 33.9 Å². The van der Waals surface area contributed by atoms with Crippen molar-refractivity contribution in [2.75, 3.05) is 17.3 Å². The van der Waals surface area contributed by atoms with Crippen LogP contribution in [0.15, 0.2) is 12.4 Å². The molecule has 6 heteroatoms. The van der Waals surface area contributed by atoms with Crippen LogP contribution in [-0.2, 0) is 10.2 Å². The maximum atomic E-state index is 11.8. The minimum absolute atomic E-state index is 0.0999. The summed E-state index contributed by atoms with van der Waals surface area (Å²) in [6.45, 7) is 6.12. The fourth-order valence-electron chi connectivity index (χ4n) is 1.39. The van der Waals surface area contributed by atoms with Crippen molar-refractivity contribution in [3.8, 4) is 0 Å². The normalized spacial score (nSPS) is 13.1. The standard InChI is InChI=1S/C13H22N4OS/c1-13(2,3)12-15-7-9(8-16-12)17-11(18)10(14)5-6-19-4/h7-8,10H,5-6,14H2,1-4H3,(H,17,18). The van der Waals surface area contributed by atoms with E-state index in [1.807, 2.05) is 27.0 Å². The number of anilines is 1. The number of hydrogen-bond acceptors (Lipinski definition) is 5. The minimum atomic E-state index is -0.491. The summed E-state index contributed by atoms with van der Waals surface area (Å²) >= 11 is 1.67. The molecule has 0 spiro atoms. The molecule has 0 aliphatic carbocycles.